The topological polar surface area (TPSA) is 86.8 Å². The molecule has 1 aliphatic carbocycles. The Hall–Kier alpha value is -2.10. The number of amides is 2. The molecule has 10 heteroatoms. The van der Waals surface area contributed by atoms with Crippen molar-refractivity contribution in [1.82, 2.24) is 10.2 Å². The van der Waals surface area contributed by atoms with E-state index in [1.807, 2.05) is 31.2 Å². The van der Waals surface area contributed by atoms with Gasteiger partial charge < -0.3 is 10.2 Å². The van der Waals surface area contributed by atoms with Crippen LogP contribution in [0.2, 0.25) is 5.02 Å². The molecular formula is C26H33BrClN3O4S. The lowest BCUT2D eigenvalue weighted by molar-refractivity contribution is -0.139. The predicted molar refractivity (Wildman–Crippen MR) is 148 cm³/mol. The second kappa shape index (κ2) is 12.4. The highest BCUT2D eigenvalue weighted by Gasteiger charge is 2.31. The van der Waals surface area contributed by atoms with Crippen LogP contribution in [0, 0.1) is 6.92 Å². The molecule has 0 saturated heterocycles. The molecule has 1 atom stereocenters. The lowest BCUT2D eigenvalue weighted by atomic mass is 9.95. The molecule has 2 aromatic carbocycles. The number of halogens is 2. The zero-order valence-electron chi connectivity index (χ0n) is 20.8. The van der Waals surface area contributed by atoms with Gasteiger partial charge in [0.15, 0.2) is 0 Å². The summed E-state index contributed by atoms with van der Waals surface area (Å²) in [5.74, 6) is -0.724. The Kier molecular flexibility index (Phi) is 9.83. The van der Waals surface area contributed by atoms with Crippen LogP contribution in [0.25, 0.3) is 0 Å². The molecule has 0 spiro atoms. The molecule has 2 amide bonds. The van der Waals surface area contributed by atoms with Crippen LogP contribution in [0.3, 0.4) is 0 Å². The zero-order chi connectivity index (χ0) is 26.5. The van der Waals surface area contributed by atoms with Crippen molar-refractivity contribution in [3.8, 4) is 0 Å². The minimum atomic E-state index is -3.81. The van der Waals surface area contributed by atoms with E-state index in [9.17, 15) is 18.0 Å². The zero-order valence-corrected chi connectivity index (χ0v) is 24.0. The minimum Gasteiger partial charge on any atom is -0.352 e. The van der Waals surface area contributed by atoms with Crippen molar-refractivity contribution >= 4 is 55.1 Å². The molecule has 0 bridgehead atoms. The first-order valence-electron chi connectivity index (χ1n) is 12.0. The van der Waals surface area contributed by atoms with Gasteiger partial charge in [0.05, 0.1) is 11.9 Å². The molecule has 2 aromatic rings. The van der Waals surface area contributed by atoms with Gasteiger partial charge in [-0.2, -0.15) is 0 Å². The largest absolute Gasteiger partial charge is 0.352 e. The van der Waals surface area contributed by atoms with Gasteiger partial charge >= 0.3 is 0 Å². The van der Waals surface area contributed by atoms with Gasteiger partial charge in [0.2, 0.25) is 21.8 Å². The molecule has 3 rings (SSSR count). The maximum atomic E-state index is 13.6. The molecule has 0 aromatic heterocycles. The summed E-state index contributed by atoms with van der Waals surface area (Å²) in [7, 11) is -3.81. The van der Waals surface area contributed by atoms with Crippen LogP contribution in [0.1, 0.15) is 50.2 Å². The third-order valence-electron chi connectivity index (χ3n) is 6.48. The molecule has 1 N–H and O–H groups in total. The minimum absolute atomic E-state index is 0.0961. The lowest BCUT2D eigenvalue weighted by Crippen LogP contribution is -2.52. The summed E-state index contributed by atoms with van der Waals surface area (Å²) in [5.41, 5.74) is 1.91. The SMILES string of the molecule is Cc1ccc(N(CC(=O)N(Cc2cccc(Br)c2)C(C)C(=O)NC2CCCCC2)S(C)(=O)=O)cc1Cl. The number of rotatable bonds is 9. The molecule has 196 valence electrons. The maximum Gasteiger partial charge on any atom is 0.244 e. The normalized spacial score (nSPS) is 15.2. The van der Waals surface area contributed by atoms with E-state index in [0.717, 1.165) is 51.8 Å². The van der Waals surface area contributed by atoms with Gasteiger partial charge in [0.25, 0.3) is 0 Å². The van der Waals surface area contributed by atoms with E-state index in [-0.39, 0.29) is 18.5 Å². The Labute approximate surface area is 227 Å². The van der Waals surface area contributed by atoms with Crippen LogP contribution >= 0.6 is 27.5 Å². The Morgan fingerprint density at radius 3 is 2.44 bits per heavy atom. The number of anilines is 1. The first kappa shape index (κ1) is 28.5. The van der Waals surface area contributed by atoms with Crippen LogP contribution in [0.15, 0.2) is 46.9 Å². The number of carbonyl (C=O) groups is 2. The maximum absolute atomic E-state index is 13.6. The van der Waals surface area contributed by atoms with Crippen molar-refractivity contribution in [1.29, 1.82) is 0 Å². The Balaban J connectivity index is 1.88. The summed E-state index contributed by atoms with van der Waals surface area (Å²) in [4.78, 5) is 28.3. The standard InChI is InChI=1S/C26H33BrClN3O4S/c1-18-12-13-23(15-24(18)28)31(36(3,34)35)17-25(32)30(16-20-8-7-9-21(27)14-20)19(2)26(33)29-22-10-5-4-6-11-22/h7-9,12-15,19,22H,4-6,10-11,16-17H2,1-3H3,(H,29,33). The number of benzene rings is 2. The molecule has 1 unspecified atom stereocenters. The fraction of sp³-hybridized carbons (Fsp3) is 0.462. The van der Waals surface area contributed by atoms with E-state index in [0.29, 0.717) is 10.7 Å². The smallest absolute Gasteiger partial charge is 0.244 e. The number of carbonyl (C=O) groups excluding carboxylic acids is 2. The first-order valence-corrected chi connectivity index (χ1v) is 15.1. The van der Waals surface area contributed by atoms with Gasteiger partial charge in [-0.25, -0.2) is 8.42 Å². The number of aryl methyl sites for hydroxylation is 1. The van der Waals surface area contributed by atoms with Crippen molar-refractivity contribution in [3.05, 3.63) is 63.1 Å². The van der Waals surface area contributed by atoms with E-state index in [1.54, 1.807) is 19.1 Å². The number of hydrogen-bond acceptors (Lipinski definition) is 4. The fourth-order valence-electron chi connectivity index (χ4n) is 4.33. The van der Waals surface area contributed by atoms with Crippen molar-refractivity contribution in [3.63, 3.8) is 0 Å². The number of nitrogens with zero attached hydrogens (tertiary/aromatic N) is 2. The molecule has 1 fully saturated rings. The van der Waals surface area contributed by atoms with E-state index in [1.165, 1.54) is 17.4 Å². The molecule has 0 radical (unpaired) electrons. The van der Waals surface area contributed by atoms with Crippen molar-refractivity contribution in [2.45, 2.75) is 64.6 Å². The highest BCUT2D eigenvalue weighted by Crippen LogP contribution is 2.26. The van der Waals surface area contributed by atoms with Crippen LogP contribution in [-0.4, -0.2) is 50.0 Å². The monoisotopic (exact) mass is 597 g/mol. The second-order valence-electron chi connectivity index (χ2n) is 9.37. The number of sulfonamides is 1. The molecule has 1 saturated carbocycles. The third kappa shape index (κ3) is 7.70. The quantitative estimate of drug-likeness (QED) is 0.438. The Morgan fingerprint density at radius 2 is 1.83 bits per heavy atom. The van der Waals surface area contributed by atoms with E-state index in [2.05, 4.69) is 21.2 Å². The summed E-state index contributed by atoms with van der Waals surface area (Å²) in [6.07, 6.45) is 6.21. The molecular weight excluding hydrogens is 566 g/mol. The second-order valence-corrected chi connectivity index (χ2v) is 12.6. The third-order valence-corrected chi connectivity index (χ3v) is 8.52. The number of hydrogen-bond donors (Lipinski definition) is 1. The highest BCUT2D eigenvalue weighted by molar-refractivity contribution is 9.10. The Morgan fingerprint density at radius 1 is 1.14 bits per heavy atom. The Bertz CT molecular complexity index is 1200. The summed E-state index contributed by atoms with van der Waals surface area (Å²) in [5, 5.41) is 3.49. The lowest BCUT2D eigenvalue weighted by Gasteiger charge is -2.33. The molecule has 7 nitrogen and oxygen atoms in total. The highest BCUT2D eigenvalue weighted by atomic mass is 79.9. The van der Waals surface area contributed by atoms with Crippen molar-refractivity contribution in [2.24, 2.45) is 0 Å². The summed E-state index contributed by atoms with van der Waals surface area (Å²) < 4.78 is 27.2. The van der Waals surface area contributed by atoms with Gasteiger partial charge in [-0.05, 0) is 62.1 Å². The van der Waals surface area contributed by atoms with Crippen LogP contribution in [0.5, 0.6) is 0 Å². The molecule has 36 heavy (non-hydrogen) atoms. The van der Waals surface area contributed by atoms with Crippen LogP contribution in [0.4, 0.5) is 5.69 Å². The molecule has 1 aliphatic rings. The van der Waals surface area contributed by atoms with E-state index in [4.69, 9.17) is 11.6 Å². The van der Waals surface area contributed by atoms with Gasteiger partial charge in [0.1, 0.15) is 12.6 Å². The summed E-state index contributed by atoms with van der Waals surface area (Å²) in [6.45, 7) is 3.20. The average molecular weight is 599 g/mol. The van der Waals surface area contributed by atoms with Crippen LogP contribution < -0.4 is 9.62 Å². The van der Waals surface area contributed by atoms with Gasteiger partial charge in [-0.1, -0.05) is 65.0 Å². The molecule has 0 heterocycles. The van der Waals surface area contributed by atoms with Gasteiger partial charge in [0, 0.05) is 22.1 Å². The van der Waals surface area contributed by atoms with Gasteiger partial charge in [-0.15, -0.1) is 0 Å². The fourth-order valence-corrected chi connectivity index (χ4v) is 5.80. The predicted octanol–water partition coefficient (Wildman–Crippen LogP) is 5.04. The van der Waals surface area contributed by atoms with Crippen molar-refractivity contribution in [2.75, 3.05) is 17.1 Å². The summed E-state index contributed by atoms with van der Waals surface area (Å²) >= 11 is 9.69. The van der Waals surface area contributed by atoms with E-state index < -0.39 is 28.5 Å². The summed E-state index contributed by atoms with van der Waals surface area (Å²) in [6, 6.07) is 11.6. The van der Waals surface area contributed by atoms with E-state index >= 15 is 0 Å². The first-order chi connectivity index (χ1) is 17.0. The number of nitrogens with one attached hydrogen (secondary N) is 1. The van der Waals surface area contributed by atoms with Crippen LogP contribution in [-0.2, 0) is 26.2 Å². The van der Waals surface area contributed by atoms with Gasteiger partial charge in [-0.3, -0.25) is 13.9 Å². The average Bonchev–Trinajstić information content (AvgIpc) is 2.82. The van der Waals surface area contributed by atoms with Crippen molar-refractivity contribution < 1.29 is 18.0 Å². The molecule has 0 aliphatic heterocycles.